The summed E-state index contributed by atoms with van der Waals surface area (Å²) in [4.78, 5) is 20.1. The van der Waals surface area contributed by atoms with Crippen molar-refractivity contribution in [1.29, 1.82) is 0 Å². The smallest absolute Gasteiger partial charge is 0.268 e. The van der Waals surface area contributed by atoms with Gasteiger partial charge in [0, 0.05) is 22.2 Å². The van der Waals surface area contributed by atoms with Crippen molar-refractivity contribution in [2.75, 3.05) is 0 Å². The van der Waals surface area contributed by atoms with Crippen LogP contribution in [0.2, 0.25) is 0 Å². The Kier molecular flexibility index (Phi) is 4.22. The van der Waals surface area contributed by atoms with E-state index in [0.717, 1.165) is 21.6 Å². The van der Waals surface area contributed by atoms with E-state index < -0.39 is 0 Å². The molecule has 120 valence electrons. The van der Waals surface area contributed by atoms with Gasteiger partial charge in [-0.05, 0) is 37.1 Å². The van der Waals surface area contributed by atoms with Gasteiger partial charge in [0.15, 0.2) is 0 Å². The summed E-state index contributed by atoms with van der Waals surface area (Å²) >= 11 is 1.64. The van der Waals surface area contributed by atoms with Crippen LogP contribution in [-0.4, -0.2) is 15.9 Å². The lowest BCUT2D eigenvalue weighted by Gasteiger charge is -2.01. The number of amides is 1. The Balaban J connectivity index is 1.74. The van der Waals surface area contributed by atoms with Crippen molar-refractivity contribution in [2.45, 2.75) is 40.2 Å². The molecule has 0 aliphatic carbocycles. The number of carbonyl (C=O) groups excluding carboxylic acids is 1. The van der Waals surface area contributed by atoms with E-state index in [2.05, 4.69) is 55.1 Å². The molecule has 0 aliphatic heterocycles. The van der Waals surface area contributed by atoms with Crippen LogP contribution in [0, 0.1) is 13.8 Å². The van der Waals surface area contributed by atoms with E-state index in [1.165, 1.54) is 11.1 Å². The molecule has 4 nitrogen and oxygen atoms in total. The van der Waals surface area contributed by atoms with Gasteiger partial charge in [-0.2, -0.15) is 0 Å². The number of benzene rings is 1. The molecule has 0 saturated heterocycles. The summed E-state index contributed by atoms with van der Waals surface area (Å²) in [7, 11) is 0. The molecule has 23 heavy (non-hydrogen) atoms. The van der Waals surface area contributed by atoms with Gasteiger partial charge in [0.05, 0.1) is 17.2 Å². The first-order valence-corrected chi connectivity index (χ1v) is 8.64. The van der Waals surface area contributed by atoms with Crippen molar-refractivity contribution in [3.05, 3.63) is 51.1 Å². The van der Waals surface area contributed by atoms with Crippen molar-refractivity contribution in [3.8, 4) is 0 Å². The summed E-state index contributed by atoms with van der Waals surface area (Å²) in [5.41, 5.74) is 4.87. The van der Waals surface area contributed by atoms with E-state index in [-0.39, 0.29) is 5.91 Å². The summed E-state index contributed by atoms with van der Waals surface area (Å²) in [5.74, 6) is 0.321. The summed E-state index contributed by atoms with van der Waals surface area (Å²) in [6.07, 6.45) is 0. The van der Waals surface area contributed by atoms with Gasteiger partial charge >= 0.3 is 0 Å². The van der Waals surface area contributed by atoms with Gasteiger partial charge in [0.25, 0.3) is 5.91 Å². The van der Waals surface area contributed by atoms with Gasteiger partial charge in [0.2, 0.25) is 0 Å². The third-order valence-corrected chi connectivity index (χ3v) is 5.02. The summed E-state index contributed by atoms with van der Waals surface area (Å²) in [6, 6.07) is 6.11. The monoisotopic (exact) mass is 327 g/mol. The molecular weight excluding hydrogens is 306 g/mol. The highest BCUT2D eigenvalue weighted by molar-refractivity contribution is 7.09. The van der Waals surface area contributed by atoms with Crippen LogP contribution < -0.4 is 5.32 Å². The van der Waals surface area contributed by atoms with E-state index in [0.29, 0.717) is 18.2 Å². The van der Waals surface area contributed by atoms with Crippen LogP contribution in [0.1, 0.15) is 52.1 Å². The first-order valence-electron chi connectivity index (χ1n) is 7.76. The molecule has 1 amide bonds. The zero-order chi connectivity index (χ0) is 16.6. The zero-order valence-corrected chi connectivity index (χ0v) is 14.7. The fourth-order valence-electron chi connectivity index (χ4n) is 2.66. The second-order valence-electron chi connectivity index (χ2n) is 6.24. The number of aromatic nitrogens is 2. The van der Waals surface area contributed by atoms with Crippen LogP contribution in [0.5, 0.6) is 0 Å². The average Bonchev–Trinajstić information content (AvgIpc) is 3.11. The minimum atomic E-state index is -0.0997. The average molecular weight is 327 g/mol. The largest absolute Gasteiger partial charge is 0.351 e. The van der Waals surface area contributed by atoms with Crippen LogP contribution in [0.4, 0.5) is 0 Å². The van der Waals surface area contributed by atoms with Crippen LogP contribution in [0.15, 0.2) is 23.6 Å². The number of rotatable bonds is 4. The maximum Gasteiger partial charge on any atom is 0.268 e. The highest BCUT2D eigenvalue weighted by Crippen LogP contribution is 2.22. The molecular formula is C18H21N3OS. The molecule has 0 radical (unpaired) electrons. The summed E-state index contributed by atoms with van der Waals surface area (Å²) in [6.45, 7) is 8.82. The molecule has 1 aromatic carbocycles. The number of H-pyrrole nitrogens is 1. The Labute approximate surface area is 140 Å². The predicted octanol–water partition coefficient (Wildman–Crippen LogP) is 4.29. The van der Waals surface area contributed by atoms with Gasteiger partial charge in [-0.1, -0.05) is 19.9 Å². The minimum absolute atomic E-state index is 0.0997. The van der Waals surface area contributed by atoms with Gasteiger partial charge in [-0.15, -0.1) is 11.3 Å². The first-order chi connectivity index (χ1) is 10.9. The molecule has 0 bridgehead atoms. The highest BCUT2D eigenvalue weighted by atomic mass is 32.1. The van der Waals surface area contributed by atoms with Crippen LogP contribution in [0.3, 0.4) is 0 Å². The van der Waals surface area contributed by atoms with Gasteiger partial charge in [0.1, 0.15) is 5.69 Å². The van der Waals surface area contributed by atoms with Gasteiger partial charge < -0.3 is 10.3 Å². The number of nitrogens with zero attached hydrogens (tertiary/aromatic N) is 1. The molecule has 0 unspecified atom stereocenters. The summed E-state index contributed by atoms with van der Waals surface area (Å²) in [5, 5.41) is 7.14. The van der Waals surface area contributed by atoms with E-state index in [1.807, 2.05) is 11.4 Å². The maximum atomic E-state index is 12.4. The third kappa shape index (κ3) is 3.29. The summed E-state index contributed by atoms with van der Waals surface area (Å²) < 4.78 is 0. The number of aryl methyl sites for hydroxylation is 2. The normalized spacial score (nSPS) is 11.3. The first kappa shape index (κ1) is 15.7. The van der Waals surface area contributed by atoms with Gasteiger partial charge in [-0.3, -0.25) is 4.79 Å². The van der Waals surface area contributed by atoms with Crippen LogP contribution in [0.25, 0.3) is 10.9 Å². The van der Waals surface area contributed by atoms with Crippen molar-refractivity contribution in [3.63, 3.8) is 0 Å². The number of aromatic amines is 1. The highest BCUT2D eigenvalue weighted by Gasteiger charge is 2.12. The lowest BCUT2D eigenvalue weighted by molar-refractivity contribution is 0.0946. The molecule has 0 fully saturated rings. The Hall–Kier alpha value is -2.14. The lowest BCUT2D eigenvalue weighted by atomic mass is 10.1. The van der Waals surface area contributed by atoms with Crippen LogP contribution in [-0.2, 0) is 6.54 Å². The fraction of sp³-hybridized carbons (Fsp3) is 0.333. The van der Waals surface area contributed by atoms with E-state index >= 15 is 0 Å². The minimum Gasteiger partial charge on any atom is -0.351 e. The molecule has 0 atom stereocenters. The SMILES string of the molecule is Cc1cc(C)c2cc(C(=O)NCc3csc(C(C)C)n3)[nH]c2c1. The zero-order valence-electron chi connectivity index (χ0n) is 13.9. The molecule has 3 aromatic rings. The lowest BCUT2D eigenvalue weighted by Crippen LogP contribution is -2.23. The fourth-order valence-corrected chi connectivity index (χ4v) is 3.49. The molecule has 3 rings (SSSR count). The molecule has 0 saturated carbocycles. The Morgan fingerprint density at radius 1 is 1.30 bits per heavy atom. The standard InChI is InChI=1S/C18H21N3OS/c1-10(2)18-20-13(9-23-18)8-19-17(22)16-7-14-12(4)5-11(3)6-15(14)21-16/h5-7,9-10,21H,8H2,1-4H3,(H,19,22). The van der Waals surface area contributed by atoms with E-state index in [1.54, 1.807) is 11.3 Å². The Bertz CT molecular complexity index is 860. The topological polar surface area (TPSA) is 57.8 Å². The number of carbonyl (C=O) groups is 1. The third-order valence-electron chi connectivity index (χ3n) is 3.83. The molecule has 5 heteroatoms. The quantitative estimate of drug-likeness (QED) is 0.751. The number of hydrogen-bond donors (Lipinski definition) is 2. The molecule has 2 heterocycles. The molecule has 2 N–H and O–H groups in total. The number of fused-ring (bicyclic) bond motifs is 1. The molecule has 2 aromatic heterocycles. The molecule has 0 aliphatic rings. The van der Waals surface area contributed by atoms with E-state index in [4.69, 9.17) is 0 Å². The Morgan fingerprint density at radius 2 is 2.09 bits per heavy atom. The maximum absolute atomic E-state index is 12.4. The second-order valence-corrected chi connectivity index (χ2v) is 7.13. The molecule has 0 spiro atoms. The second kappa shape index (κ2) is 6.16. The van der Waals surface area contributed by atoms with E-state index in [9.17, 15) is 4.79 Å². The number of thiazole rings is 1. The van der Waals surface area contributed by atoms with Crippen LogP contribution >= 0.6 is 11.3 Å². The van der Waals surface area contributed by atoms with Gasteiger partial charge in [-0.25, -0.2) is 4.98 Å². The number of hydrogen-bond acceptors (Lipinski definition) is 3. The predicted molar refractivity (Wildman–Crippen MR) is 95.1 cm³/mol. The van der Waals surface area contributed by atoms with Crippen molar-refractivity contribution in [2.24, 2.45) is 0 Å². The van der Waals surface area contributed by atoms with Crippen molar-refractivity contribution >= 4 is 28.1 Å². The van der Waals surface area contributed by atoms with Crippen molar-refractivity contribution < 1.29 is 4.79 Å². The van der Waals surface area contributed by atoms with Crippen molar-refractivity contribution in [1.82, 2.24) is 15.3 Å². The Morgan fingerprint density at radius 3 is 2.78 bits per heavy atom. The number of nitrogens with one attached hydrogen (secondary N) is 2.